The molecule has 0 aliphatic carbocycles. The molecular weight excluding hydrogens is 1030 g/mol. The largest absolute Gasteiger partial charge is 0.282 e. The third kappa shape index (κ3) is 8.13. The topological polar surface area (TPSA) is 20.9 Å². The molecule has 0 aliphatic rings. The molecule has 0 aliphatic heterocycles. The number of pyridine rings is 1. The van der Waals surface area contributed by atoms with Gasteiger partial charge in [-0.3, -0.25) is 4.79 Å². The molecule has 0 fully saturated rings. The van der Waals surface area contributed by atoms with Crippen molar-refractivity contribution < 1.29 is 97.2 Å². The first kappa shape index (κ1) is 52.1. The van der Waals surface area contributed by atoms with E-state index in [0.29, 0.717) is 17.8 Å². The number of aromatic nitrogens is 1. The number of hydrogen-bond donors (Lipinski definition) is 0. The van der Waals surface area contributed by atoms with Crippen LogP contribution in [0.1, 0.15) is 21.6 Å². The van der Waals surface area contributed by atoms with E-state index in [0.717, 1.165) is 21.7 Å². The summed E-state index contributed by atoms with van der Waals surface area (Å²) in [4.78, 5) is 13.5. The minimum Gasteiger partial charge on any atom is -0.282 e. The fourth-order valence-electron chi connectivity index (χ4n) is 8.75. The smallest absolute Gasteiger partial charge is 0.256 e. The monoisotopic (exact) mass is 1050 g/mol. The van der Waals surface area contributed by atoms with E-state index in [1.165, 1.54) is 5.56 Å². The number of benzene rings is 8. The van der Waals surface area contributed by atoms with Crippen LogP contribution in [0.25, 0.3) is 21.7 Å². The molecule has 0 N–H and O–H groups in total. The molecule has 0 atom stereocenters. The fraction of sp³-hybridized carbons (Fsp3) is 0.0196. The van der Waals surface area contributed by atoms with E-state index in [2.05, 4.69) is 34.9 Å². The van der Waals surface area contributed by atoms with Crippen molar-refractivity contribution in [2.75, 3.05) is 0 Å². The molecule has 23 heteroatoms. The molecule has 2 nitrogen and oxygen atoms in total. The van der Waals surface area contributed by atoms with Crippen LogP contribution in [0.3, 0.4) is 0 Å². The van der Waals surface area contributed by atoms with Crippen LogP contribution < -0.4 is 26.4 Å². The summed E-state index contributed by atoms with van der Waals surface area (Å²) < 4.78 is 296. The van der Waals surface area contributed by atoms with Gasteiger partial charge in [-0.15, -0.1) is 21.9 Å². The van der Waals surface area contributed by atoms with Gasteiger partial charge in [-0.2, -0.15) is 4.57 Å². The number of nitrogens with zero attached hydrogens (tertiary/aromatic N) is 1. The fourth-order valence-corrected chi connectivity index (χ4v) is 8.75. The molecule has 0 unspecified atom stereocenters. The zero-order valence-corrected chi connectivity index (χ0v) is 36.1. The van der Waals surface area contributed by atoms with Crippen molar-refractivity contribution in [3.63, 3.8) is 0 Å². The maximum Gasteiger partial charge on any atom is 0.256 e. The first-order valence-corrected chi connectivity index (χ1v) is 20.7. The highest BCUT2D eigenvalue weighted by atomic mass is 19.2. The van der Waals surface area contributed by atoms with Gasteiger partial charge in [-0.25, -0.2) is 87.8 Å². The molecule has 0 saturated heterocycles. The number of fused-ring (bicyclic) bond motifs is 2. The normalized spacial score (nSPS) is 11.6. The Bertz CT molecular complexity index is 3420. The number of halogens is 20. The SMILES string of the molecule is Fc1c(F)c(F)c([B-](c2c(F)c(F)c(F)c(F)c2F)(c2c(F)c(F)c(F)c(F)c2F)c2c(F)c(F)c(F)c(F)c2F)c(F)c1F.O=C(c1ccc2ccccc2c1)c1ccc2ccccc2[n+]1Cc1ccccc1. The Balaban J connectivity index is 0.000000215. The molecule has 1 heterocycles. The van der Waals surface area contributed by atoms with Gasteiger partial charge >= 0.3 is 0 Å². The van der Waals surface area contributed by atoms with E-state index in [9.17, 15) is 57.5 Å². The summed E-state index contributed by atoms with van der Waals surface area (Å²) in [7, 11) is 0. The highest BCUT2D eigenvalue weighted by Crippen LogP contribution is 2.31. The highest BCUT2D eigenvalue weighted by Gasteiger charge is 2.52. The maximum atomic E-state index is 15.4. The van der Waals surface area contributed by atoms with Gasteiger partial charge in [0.1, 0.15) is 52.7 Å². The number of rotatable bonds is 8. The molecule has 378 valence electrons. The van der Waals surface area contributed by atoms with E-state index in [1.807, 2.05) is 78.9 Å². The molecule has 0 amide bonds. The van der Waals surface area contributed by atoms with Gasteiger partial charge in [-0.1, -0.05) is 78.9 Å². The molecule has 0 spiro atoms. The van der Waals surface area contributed by atoms with Crippen molar-refractivity contribution in [2.45, 2.75) is 6.54 Å². The second-order valence-corrected chi connectivity index (χ2v) is 16.0. The summed E-state index contributed by atoms with van der Waals surface area (Å²) in [5.74, 6) is -71.4. The van der Waals surface area contributed by atoms with Gasteiger partial charge in [0.2, 0.25) is 5.52 Å². The second-order valence-electron chi connectivity index (χ2n) is 16.0. The quantitative estimate of drug-likeness (QED) is 0.0371. The number of ketones is 1. The predicted molar refractivity (Wildman–Crippen MR) is 226 cm³/mol. The predicted octanol–water partition coefficient (Wildman–Crippen LogP) is 11.4. The van der Waals surface area contributed by atoms with Gasteiger partial charge in [-0.05, 0) is 29.0 Å². The number of para-hydroxylation sites is 1. The Kier molecular flexibility index (Phi) is 13.8. The highest BCUT2D eigenvalue weighted by molar-refractivity contribution is 7.20. The maximum absolute atomic E-state index is 15.4. The average Bonchev–Trinajstić information content (AvgIpc) is 3.41. The van der Waals surface area contributed by atoms with E-state index >= 15 is 35.1 Å². The van der Waals surface area contributed by atoms with Crippen LogP contribution in [0.5, 0.6) is 0 Å². The van der Waals surface area contributed by atoms with Crippen molar-refractivity contribution in [1.29, 1.82) is 0 Å². The van der Waals surface area contributed by atoms with Crippen molar-refractivity contribution in [3.05, 3.63) is 242 Å². The summed E-state index contributed by atoms with van der Waals surface area (Å²) in [6, 6.07) is 36.5. The lowest BCUT2D eigenvalue weighted by Gasteiger charge is -2.44. The van der Waals surface area contributed by atoms with Crippen molar-refractivity contribution in [3.8, 4) is 0 Å². The minimum absolute atomic E-state index is 0.0393. The van der Waals surface area contributed by atoms with Crippen LogP contribution in [0.15, 0.2) is 109 Å². The van der Waals surface area contributed by atoms with E-state index < -0.39 is 144 Å². The molecule has 1 aromatic heterocycles. The lowest BCUT2D eigenvalue weighted by Crippen LogP contribution is -2.81. The minimum atomic E-state index is -7.22. The van der Waals surface area contributed by atoms with E-state index in [1.54, 1.807) is 0 Å². The number of hydrogen-bond acceptors (Lipinski definition) is 1. The van der Waals surface area contributed by atoms with Crippen molar-refractivity contribution in [2.24, 2.45) is 0 Å². The standard InChI is InChI=1S/C27H20NO.C24BF20/c29-27(24-15-14-21-10-4-5-12-23(21)18-24)26-17-16-22-11-6-7-13-25(22)28(26)19-20-8-2-1-3-9-20;26-5-1(6(27)14(35)21(42)13(5)34)25(2-7(28)15(36)22(43)16(37)8(2)29,3-9(30)17(38)23(44)18(39)10(3)31)4-11(32)19(40)24(45)20(41)12(4)33/h1-18H,19H2;/q+1;-1. The lowest BCUT2D eigenvalue weighted by atomic mass is 9.12. The van der Waals surface area contributed by atoms with E-state index in [4.69, 9.17) is 0 Å². The van der Waals surface area contributed by atoms with Crippen molar-refractivity contribution >= 4 is 55.5 Å². The van der Waals surface area contributed by atoms with E-state index in [-0.39, 0.29) is 5.78 Å². The molecule has 0 bridgehead atoms. The Morgan fingerprint density at radius 1 is 0.324 bits per heavy atom. The van der Waals surface area contributed by atoms with Gasteiger partial charge in [0, 0.05) is 28.6 Å². The molecule has 0 radical (unpaired) electrons. The first-order valence-electron chi connectivity index (χ1n) is 20.7. The summed E-state index contributed by atoms with van der Waals surface area (Å²) in [5, 5.41) is 3.34. The Morgan fingerprint density at radius 3 is 1.03 bits per heavy atom. The van der Waals surface area contributed by atoms with Gasteiger partial charge in [0.25, 0.3) is 11.5 Å². The Morgan fingerprint density at radius 2 is 0.635 bits per heavy atom. The summed E-state index contributed by atoms with van der Waals surface area (Å²) >= 11 is 0. The summed E-state index contributed by atoms with van der Waals surface area (Å²) in [5.41, 5.74) is -10.7. The molecule has 0 saturated carbocycles. The van der Waals surface area contributed by atoms with Crippen molar-refractivity contribution in [1.82, 2.24) is 0 Å². The third-order valence-electron chi connectivity index (χ3n) is 12.1. The first-order chi connectivity index (χ1) is 35.0. The van der Waals surface area contributed by atoms with Gasteiger partial charge in [0.15, 0.2) is 76.4 Å². The summed E-state index contributed by atoms with van der Waals surface area (Å²) in [6.07, 6.45) is -7.22. The summed E-state index contributed by atoms with van der Waals surface area (Å²) in [6.45, 7) is 0.650. The number of carbonyl (C=O) groups excluding carboxylic acids is 1. The molecule has 9 rings (SSSR count). The van der Waals surface area contributed by atoms with Crippen LogP contribution in [0, 0.1) is 116 Å². The second kappa shape index (κ2) is 19.6. The van der Waals surface area contributed by atoms with Gasteiger partial charge < -0.3 is 0 Å². The molecule has 8 aromatic carbocycles. The molecular formula is C51H20BF20NO. The van der Waals surface area contributed by atoms with Crippen LogP contribution in [-0.4, -0.2) is 11.9 Å². The Hall–Kier alpha value is -8.24. The zero-order valence-electron chi connectivity index (χ0n) is 36.1. The number of carbonyl (C=O) groups is 1. The molecule has 9 aromatic rings. The zero-order chi connectivity index (χ0) is 54.0. The lowest BCUT2D eigenvalue weighted by molar-refractivity contribution is -0.664. The van der Waals surface area contributed by atoms with Crippen LogP contribution >= 0.6 is 0 Å². The van der Waals surface area contributed by atoms with Gasteiger partial charge in [0.05, 0.1) is 0 Å². The van der Waals surface area contributed by atoms with Crippen LogP contribution in [0.4, 0.5) is 87.8 Å². The third-order valence-corrected chi connectivity index (χ3v) is 12.1. The molecule has 74 heavy (non-hydrogen) atoms. The van der Waals surface area contributed by atoms with Crippen LogP contribution in [0.2, 0.25) is 0 Å². The van der Waals surface area contributed by atoms with Crippen LogP contribution in [-0.2, 0) is 6.54 Å². The Labute approximate surface area is 400 Å². The average molecular weight is 1050 g/mol.